The minimum Gasteiger partial charge on any atom is -0.307 e. The van der Waals surface area contributed by atoms with Crippen LogP contribution in [-0.4, -0.2) is 9.91 Å². The molecule has 0 aliphatic rings. The van der Waals surface area contributed by atoms with E-state index < -0.39 is 22.2 Å². The number of pyridine rings is 1. The molecule has 1 heterocycles. The molecule has 7 heteroatoms. The van der Waals surface area contributed by atoms with E-state index in [1.807, 2.05) is 19.1 Å². The molecule has 0 aliphatic heterocycles. The van der Waals surface area contributed by atoms with Gasteiger partial charge in [0, 0.05) is 37.0 Å². The third-order valence-corrected chi connectivity index (χ3v) is 3.04. The molecule has 0 fully saturated rings. The van der Waals surface area contributed by atoms with E-state index in [0.717, 1.165) is 17.3 Å². The first-order chi connectivity index (χ1) is 9.99. The lowest BCUT2D eigenvalue weighted by molar-refractivity contribution is -0.387. The molecule has 1 aromatic heterocycles. The fraction of sp³-hybridized carbons (Fsp3) is 0.214. The molecule has 0 spiro atoms. The van der Waals surface area contributed by atoms with E-state index in [1.54, 1.807) is 6.20 Å². The Bertz CT molecular complexity index is 677. The molecule has 1 N–H and O–H groups in total. The van der Waals surface area contributed by atoms with Crippen molar-refractivity contribution in [2.45, 2.75) is 20.0 Å². The van der Waals surface area contributed by atoms with Crippen LogP contribution in [0.25, 0.3) is 0 Å². The predicted molar refractivity (Wildman–Crippen MR) is 72.5 cm³/mol. The Morgan fingerprint density at radius 3 is 2.71 bits per heavy atom. The summed E-state index contributed by atoms with van der Waals surface area (Å²) < 4.78 is 26.8. The summed E-state index contributed by atoms with van der Waals surface area (Å²) in [6, 6.07) is 5.14. The van der Waals surface area contributed by atoms with Crippen LogP contribution < -0.4 is 5.32 Å². The van der Waals surface area contributed by atoms with Crippen molar-refractivity contribution in [2.75, 3.05) is 0 Å². The van der Waals surface area contributed by atoms with Gasteiger partial charge in [-0.25, -0.2) is 4.39 Å². The van der Waals surface area contributed by atoms with Crippen LogP contribution in [0.15, 0.2) is 30.5 Å². The Kier molecular flexibility index (Phi) is 4.54. The van der Waals surface area contributed by atoms with Crippen molar-refractivity contribution >= 4 is 5.69 Å². The number of hydrogen-bond donors (Lipinski definition) is 1. The maximum atomic E-state index is 13.6. The molecule has 110 valence electrons. The molecule has 0 bridgehead atoms. The number of hydrogen-bond acceptors (Lipinski definition) is 4. The van der Waals surface area contributed by atoms with Crippen LogP contribution in [0.1, 0.15) is 16.8 Å². The number of aryl methyl sites for hydroxylation is 1. The smallest absolute Gasteiger partial charge is 0.305 e. The number of rotatable bonds is 5. The summed E-state index contributed by atoms with van der Waals surface area (Å²) in [6.07, 6.45) is 1.65. The zero-order valence-corrected chi connectivity index (χ0v) is 11.3. The van der Waals surface area contributed by atoms with Crippen molar-refractivity contribution in [3.63, 3.8) is 0 Å². The van der Waals surface area contributed by atoms with Crippen molar-refractivity contribution in [2.24, 2.45) is 0 Å². The fourth-order valence-corrected chi connectivity index (χ4v) is 1.88. The quantitative estimate of drug-likeness (QED) is 0.680. The lowest BCUT2D eigenvalue weighted by Crippen LogP contribution is -2.16. The molecule has 0 amide bonds. The SMILES string of the molecule is Cc1cccnc1CNCc1cc([N+](=O)[O-])c(F)cc1F. The molecule has 0 unspecified atom stereocenters. The summed E-state index contributed by atoms with van der Waals surface area (Å²) in [5.41, 5.74) is 1.09. The van der Waals surface area contributed by atoms with Gasteiger partial charge in [-0.15, -0.1) is 0 Å². The summed E-state index contributed by atoms with van der Waals surface area (Å²) in [5, 5.41) is 13.6. The van der Waals surface area contributed by atoms with Gasteiger partial charge in [0.25, 0.3) is 0 Å². The van der Waals surface area contributed by atoms with E-state index in [-0.39, 0.29) is 12.1 Å². The van der Waals surface area contributed by atoms with Gasteiger partial charge in [-0.3, -0.25) is 15.1 Å². The summed E-state index contributed by atoms with van der Waals surface area (Å²) in [5.74, 6) is -2.00. The molecule has 0 atom stereocenters. The van der Waals surface area contributed by atoms with Crippen molar-refractivity contribution in [1.29, 1.82) is 0 Å². The summed E-state index contributed by atoms with van der Waals surface area (Å²) in [4.78, 5) is 13.9. The van der Waals surface area contributed by atoms with Gasteiger partial charge in [0.15, 0.2) is 0 Å². The number of aromatic nitrogens is 1. The van der Waals surface area contributed by atoms with Crippen LogP contribution in [0.2, 0.25) is 0 Å². The molecular weight excluding hydrogens is 280 g/mol. The minimum atomic E-state index is -1.18. The first kappa shape index (κ1) is 15.0. The molecule has 0 saturated heterocycles. The maximum absolute atomic E-state index is 13.6. The minimum absolute atomic E-state index is 0.0386. The second-order valence-electron chi connectivity index (χ2n) is 4.52. The molecular formula is C14H13F2N3O2. The van der Waals surface area contributed by atoms with Crippen LogP contribution in [0, 0.1) is 28.7 Å². The van der Waals surface area contributed by atoms with Gasteiger partial charge in [0.1, 0.15) is 5.82 Å². The Morgan fingerprint density at radius 2 is 2.05 bits per heavy atom. The lowest BCUT2D eigenvalue weighted by atomic mass is 10.1. The summed E-state index contributed by atoms with van der Waals surface area (Å²) in [6.45, 7) is 2.33. The van der Waals surface area contributed by atoms with Crippen LogP contribution in [-0.2, 0) is 13.1 Å². The van der Waals surface area contributed by atoms with E-state index in [0.29, 0.717) is 12.6 Å². The lowest BCUT2D eigenvalue weighted by Gasteiger charge is -2.08. The van der Waals surface area contributed by atoms with E-state index in [1.165, 1.54) is 0 Å². The standard InChI is InChI=1S/C14H13F2N3O2/c1-9-3-2-4-18-13(9)8-17-7-10-5-14(19(20)21)12(16)6-11(10)15/h2-6,17H,7-8H2,1H3. The summed E-state index contributed by atoms with van der Waals surface area (Å²) >= 11 is 0. The normalized spacial score (nSPS) is 10.6. The molecule has 0 aliphatic carbocycles. The van der Waals surface area contributed by atoms with E-state index in [4.69, 9.17) is 0 Å². The Labute approximate surface area is 119 Å². The molecule has 1 aromatic carbocycles. The average molecular weight is 293 g/mol. The second-order valence-corrected chi connectivity index (χ2v) is 4.52. The first-order valence-electron chi connectivity index (χ1n) is 6.22. The number of nitrogens with zero attached hydrogens (tertiary/aromatic N) is 2. The number of nitro benzene ring substituents is 1. The largest absolute Gasteiger partial charge is 0.307 e. The predicted octanol–water partition coefficient (Wildman–Crippen LogP) is 2.87. The molecule has 2 aromatic rings. The third-order valence-electron chi connectivity index (χ3n) is 3.04. The van der Waals surface area contributed by atoms with Gasteiger partial charge in [0.05, 0.1) is 10.6 Å². The molecule has 0 radical (unpaired) electrons. The van der Waals surface area contributed by atoms with Crippen molar-refractivity contribution in [3.05, 3.63) is 69.0 Å². The number of nitro groups is 1. The van der Waals surface area contributed by atoms with E-state index in [2.05, 4.69) is 10.3 Å². The topological polar surface area (TPSA) is 68.1 Å². The van der Waals surface area contributed by atoms with Crippen molar-refractivity contribution < 1.29 is 13.7 Å². The van der Waals surface area contributed by atoms with E-state index in [9.17, 15) is 18.9 Å². The van der Waals surface area contributed by atoms with Crippen LogP contribution >= 0.6 is 0 Å². The molecule has 21 heavy (non-hydrogen) atoms. The van der Waals surface area contributed by atoms with E-state index >= 15 is 0 Å². The van der Waals surface area contributed by atoms with Crippen molar-refractivity contribution in [1.82, 2.24) is 10.3 Å². The molecule has 0 saturated carbocycles. The number of halogens is 2. The Morgan fingerprint density at radius 1 is 1.29 bits per heavy atom. The molecule has 2 rings (SSSR count). The monoisotopic (exact) mass is 293 g/mol. The van der Waals surface area contributed by atoms with Gasteiger partial charge in [0.2, 0.25) is 5.82 Å². The highest BCUT2D eigenvalue weighted by atomic mass is 19.1. The van der Waals surface area contributed by atoms with Gasteiger partial charge in [-0.2, -0.15) is 4.39 Å². The highest BCUT2D eigenvalue weighted by molar-refractivity contribution is 5.37. The van der Waals surface area contributed by atoms with Crippen LogP contribution in [0.5, 0.6) is 0 Å². The van der Waals surface area contributed by atoms with Crippen LogP contribution in [0.3, 0.4) is 0 Å². The van der Waals surface area contributed by atoms with Gasteiger partial charge >= 0.3 is 5.69 Å². The van der Waals surface area contributed by atoms with Gasteiger partial charge < -0.3 is 5.32 Å². The number of benzene rings is 1. The zero-order chi connectivity index (χ0) is 15.4. The fourth-order valence-electron chi connectivity index (χ4n) is 1.88. The van der Waals surface area contributed by atoms with Gasteiger partial charge in [-0.1, -0.05) is 6.07 Å². The Hall–Kier alpha value is -2.41. The first-order valence-corrected chi connectivity index (χ1v) is 6.22. The van der Waals surface area contributed by atoms with Crippen LogP contribution in [0.4, 0.5) is 14.5 Å². The average Bonchev–Trinajstić information content (AvgIpc) is 2.42. The summed E-state index contributed by atoms with van der Waals surface area (Å²) in [7, 11) is 0. The second kappa shape index (κ2) is 6.36. The Balaban J connectivity index is 2.08. The third kappa shape index (κ3) is 3.57. The van der Waals surface area contributed by atoms with Crippen molar-refractivity contribution in [3.8, 4) is 0 Å². The maximum Gasteiger partial charge on any atom is 0.305 e. The highest BCUT2D eigenvalue weighted by Crippen LogP contribution is 2.21. The highest BCUT2D eigenvalue weighted by Gasteiger charge is 2.18. The van der Waals surface area contributed by atoms with Gasteiger partial charge in [-0.05, 0) is 18.6 Å². The number of nitrogens with one attached hydrogen (secondary N) is 1. The molecule has 5 nitrogen and oxygen atoms in total. The zero-order valence-electron chi connectivity index (χ0n) is 11.3.